The summed E-state index contributed by atoms with van der Waals surface area (Å²) in [4.78, 5) is 29.8. The average Bonchev–Trinajstić information content (AvgIpc) is 3.32. The number of hydrogen-bond donors (Lipinski definition) is 1. The summed E-state index contributed by atoms with van der Waals surface area (Å²) in [6.07, 6.45) is 2.12. The Bertz CT molecular complexity index is 1590. The molecule has 0 amide bonds. The van der Waals surface area contributed by atoms with Crippen molar-refractivity contribution >= 4 is 32.1 Å². The van der Waals surface area contributed by atoms with Crippen molar-refractivity contribution in [3.63, 3.8) is 0 Å². The normalized spacial score (nSPS) is 18.4. The Kier molecular flexibility index (Phi) is 7.43. The van der Waals surface area contributed by atoms with Crippen molar-refractivity contribution in [3.8, 4) is 5.69 Å². The number of fused-ring (bicyclic) bond motifs is 1. The maximum Gasteiger partial charge on any atom is 0.279 e. The van der Waals surface area contributed by atoms with Crippen LogP contribution in [0.2, 0.25) is 0 Å². The summed E-state index contributed by atoms with van der Waals surface area (Å²) >= 11 is 0. The number of hydrogen-bond acceptors (Lipinski definition) is 9. The summed E-state index contributed by atoms with van der Waals surface area (Å²) in [5.41, 5.74) is 2.23. The minimum Gasteiger partial charge on any atom is -0.480 e. The Morgan fingerprint density at radius 1 is 1.05 bits per heavy atom. The van der Waals surface area contributed by atoms with Gasteiger partial charge in [0.25, 0.3) is 5.56 Å². The van der Waals surface area contributed by atoms with Crippen LogP contribution in [0.15, 0.2) is 52.0 Å². The van der Waals surface area contributed by atoms with Crippen molar-refractivity contribution in [3.05, 3.63) is 64.1 Å². The van der Waals surface area contributed by atoms with Crippen LogP contribution in [0.25, 0.3) is 16.7 Å². The van der Waals surface area contributed by atoms with Crippen molar-refractivity contribution in [1.29, 1.82) is 0 Å². The fraction of sp³-hybridized carbons (Fsp3) is 0.423. The number of likely N-dealkylation sites (N-methyl/N-ethyl adjacent to an activating group) is 1. The van der Waals surface area contributed by atoms with Gasteiger partial charge in [-0.3, -0.25) is 4.79 Å². The molecule has 38 heavy (non-hydrogen) atoms. The summed E-state index contributed by atoms with van der Waals surface area (Å²) in [6, 6.07) is 9.52. The summed E-state index contributed by atoms with van der Waals surface area (Å²) < 4.78 is 33.0. The number of rotatable bonds is 6. The molecule has 11 nitrogen and oxygen atoms in total. The Hall–Kier alpha value is -3.77. The molecular weight excluding hydrogens is 506 g/mol. The molecule has 4 heterocycles. The lowest BCUT2D eigenvalue weighted by molar-refractivity contribution is 0.170. The number of benzene rings is 1. The number of aliphatic imine (C=N–C) groups is 1. The van der Waals surface area contributed by atoms with Gasteiger partial charge in [0.15, 0.2) is 5.52 Å². The Balaban J connectivity index is 1.65. The van der Waals surface area contributed by atoms with Gasteiger partial charge in [-0.25, -0.2) is 14.7 Å². The Morgan fingerprint density at radius 3 is 2.42 bits per heavy atom. The SMILES string of the molecule is CCOC1=NC=C(N2CCN(CC)CC2)C(=S(=O)=O)C1c1nc2c(CC)n(-c3ccccc3)nc2c(=O)[nH]1. The molecule has 2 aliphatic heterocycles. The van der Waals surface area contributed by atoms with E-state index in [9.17, 15) is 13.2 Å². The van der Waals surface area contributed by atoms with Gasteiger partial charge in [0.1, 0.15) is 22.1 Å². The average molecular weight is 538 g/mol. The standard InChI is InChI=1S/C26H31N7O4S/c1-4-18-21-22(30-33(18)17-10-8-7-9-11-17)25(34)29-24(28-21)20-23(38(35)36)19(16-27-26(20)37-6-3)32-14-12-31(5-2)13-15-32/h7-11,16,20H,4-6,12-15H2,1-3H3,(H,28,29,34). The van der Waals surface area contributed by atoms with Crippen molar-refractivity contribution in [2.24, 2.45) is 4.99 Å². The molecule has 0 spiro atoms. The first-order chi connectivity index (χ1) is 18.5. The molecule has 0 bridgehead atoms. The second-order valence-electron chi connectivity index (χ2n) is 9.06. The van der Waals surface area contributed by atoms with Gasteiger partial charge in [0.2, 0.25) is 16.2 Å². The highest BCUT2D eigenvalue weighted by atomic mass is 32.2. The van der Waals surface area contributed by atoms with Crippen LogP contribution in [0.1, 0.15) is 38.2 Å². The molecule has 1 N–H and O–H groups in total. The van der Waals surface area contributed by atoms with Crippen LogP contribution in [0.3, 0.4) is 0 Å². The van der Waals surface area contributed by atoms with Crippen LogP contribution in [0.4, 0.5) is 0 Å². The maximum absolute atomic E-state index is 13.3. The minimum absolute atomic E-state index is 0.0874. The number of piperazine rings is 1. The third-order valence-electron chi connectivity index (χ3n) is 6.96. The van der Waals surface area contributed by atoms with Crippen molar-refractivity contribution in [2.45, 2.75) is 33.1 Å². The molecule has 1 unspecified atom stereocenters. The molecule has 2 aromatic heterocycles. The molecular formula is C26H31N7O4S. The van der Waals surface area contributed by atoms with E-state index >= 15 is 0 Å². The molecule has 1 aromatic carbocycles. The molecule has 0 saturated carbocycles. The predicted octanol–water partition coefficient (Wildman–Crippen LogP) is 1.73. The first kappa shape index (κ1) is 25.9. The van der Waals surface area contributed by atoms with Crippen molar-refractivity contribution in [1.82, 2.24) is 29.5 Å². The third-order valence-corrected chi connectivity index (χ3v) is 7.76. The van der Waals surface area contributed by atoms with Crippen LogP contribution in [-0.2, 0) is 21.5 Å². The van der Waals surface area contributed by atoms with Crippen LogP contribution in [-0.4, -0.2) is 88.1 Å². The molecule has 0 aliphatic carbocycles. The summed E-state index contributed by atoms with van der Waals surface area (Å²) in [6.45, 7) is 10.1. The summed E-state index contributed by atoms with van der Waals surface area (Å²) in [7, 11) is -2.62. The van der Waals surface area contributed by atoms with Gasteiger partial charge in [-0.1, -0.05) is 32.0 Å². The number of aromatic amines is 1. The van der Waals surface area contributed by atoms with Gasteiger partial charge < -0.3 is 19.5 Å². The second-order valence-corrected chi connectivity index (χ2v) is 9.97. The zero-order valence-corrected chi connectivity index (χ0v) is 22.5. The minimum atomic E-state index is -2.62. The number of ether oxygens (including phenoxy) is 1. The smallest absolute Gasteiger partial charge is 0.279 e. The van der Waals surface area contributed by atoms with E-state index in [1.807, 2.05) is 42.2 Å². The molecule has 3 aromatic rings. The zero-order chi connectivity index (χ0) is 26.8. The number of aryl methyl sites for hydroxylation is 1. The Morgan fingerprint density at radius 2 is 1.79 bits per heavy atom. The van der Waals surface area contributed by atoms with Gasteiger partial charge in [-0.2, -0.15) is 13.5 Å². The van der Waals surface area contributed by atoms with E-state index in [1.54, 1.807) is 17.8 Å². The van der Waals surface area contributed by atoms with Gasteiger partial charge in [-0.15, -0.1) is 0 Å². The van der Waals surface area contributed by atoms with E-state index in [0.29, 0.717) is 30.7 Å². The Labute approximate surface area is 222 Å². The molecule has 1 saturated heterocycles. The highest BCUT2D eigenvalue weighted by molar-refractivity contribution is 7.73. The second kappa shape index (κ2) is 10.9. The number of nitrogens with zero attached hydrogens (tertiary/aromatic N) is 6. The monoisotopic (exact) mass is 537 g/mol. The lowest BCUT2D eigenvalue weighted by Crippen LogP contribution is -2.48. The van der Waals surface area contributed by atoms with Crippen molar-refractivity contribution < 1.29 is 13.2 Å². The molecule has 12 heteroatoms. The number of nitrogens with one attached hydrogen (secondary N) is 1. The summed E-state index contributed by atoms with van der Waals surface area (Å²) in [5.74, 6) is -0.646. The fourth-order valence-corrected chi connectivity index (χ4v) is 5.79. The lowest BCUT2D eigenvalue weighted by Gasteiger charge is -2.38. The van der Waals surface area contributed by atoms with E-state index in [1.165, 1.54) is 0 Å². The maximum atomic E-state index is 13.3. The van der Waals surface area contributed by atoms with E-state index < -0.39 is 21.8 Å². The first-order valence-corrected chi connectivity index (χ1v) is 14.0. The fourth-order valence-electron chi connectivity index (χ4n) is 5.03. The van der Waals surface area contributed by atoms with E-state index in [2.05, 4.69) is 26.9 Å². The number of para-hydroxylation sites is 1. The zero-order valence-electron chi connectivity index (χ0n) is 21.7. The summed E-state index contributed by atoms with van der Waals surface area (Å²) in [5, 5.41) is 4.55. The third kappa shape index (κ3) is 4.65. The van der Waals surface area contributed by atoms with Crippen molar-refractivity contribution in [2.75, 3.05) is 39.3 Å². The van der Waals surface area contributed by atoms with E-state index in [-0.39, 0.29) is 28.7 Å². The van der Waals surface area contributed by atoms with Gasteiger partial charge in [-0.05, 0) is 32.0 Å². The molecule has 200 valence electrons. The largest absolute Gasteiger partial charge is 0.480 e. The van der Waals surface area contributed by atoms with Gasteiger partial charge in [0.05, 0.1) is 29.9 Å². The van der Waals surface area contributed by atoms with Gasteiger partial charge >= 0.3 is 0 Å². The van der Waals surface area contributed by atoms with E-state index in [0.717, 1.165) is 31.0 Å². The molecule has 2 aliphatic rings. The molecule has 1 fully saturated rings. The van der Waals surface area contributed by atoms with Gasteiger partial charge in [0, 0.05) is 26.2 Å². The topological polar surface area (TPSA) is 126 Å². The van der Waals surface area contributed by atoms with Crippen LogP contribution in [0, 0.1) is 0 Å². The van der Waals surface area contributed by atoms with Crippen LogP contribution < -0.4 is 5.56 Å². The number of H-pyrrole nitrogens is 1. The highest BCUT2D eigenvalue weighted by Gasteiger charge is 2.38. The number of aromatic nitrogens is 4. The quantitative estimate of drug-likeness (QED) is 0.472. The van der Waals surface area contributed by atoms with E-state index in [4.69, 9.17) is 9.72 Å². The van der Waals surface area contributed by atoms with Crippen LogP contribution >= 0.6 is 0 Å². The highest BCUT2D eigenvalue weighted by Crippen LogP contribution is 2.29. The lowest BCUT2D eigenvalue weighted by atomic mass is 9.98. The number of allylic oxidation sites excluding steroid dienone is 1. The van der Waals surface area contributed by atoms with Crippen LogP contribution in [0.5, 0.6) is 0 Å². The molecule has 1 atom stereocenters. The first-order valence-electron chi connectivity index (χ1n) is 12.9. The predicted molar refractivity (Wildman–Crippen MR) is 146 cm³/mol. The molecule has 0 radical (unpaired) electrons. The molecule has 5 rings (SSSR count).